The molecule has 27 heavy (non-hydrogen) atoms. The van der Waals surface area contributed by atoms with E-state index in [0.29, 0.717) is 30.2 Å². The van der Waals surface area contributed by atoms with Gasteiger partial charge < -0.3 is 15.4 Å². The van der Waals surface area contributed by atoms with Crippen molar-refractivity contribution in [1.29, 1.82) is 0 Å². The Balaban J connectivity index is 1.41. The predicted octanol–water partition coefficient (Wildman–Crippen LogP) is 3.02. The van der Waals surface area contributed by atoms with Crippen molar-refractivity contribution >= 4 is 11.7 Å². The highest BCUT2D eigenvalue weighted by molar-refractivity contribution is 5.94. The number of ether oxygens (including phenoxy) is 1. The third-order valence-corrected chi connectivity index (χ3v) is 4.56. The summed E-state index contributed by atoms with van der Waals surface area (Å²) in [6, 6.07) is 17.1. The van der Waals surface area contributed by atoms with Gasteiger partial charge in [-0.25, -0.2) is 4.98 Å². The topological polar surface area (TPSA) is 81.3 Å². The lowest BCUT2D eigenvalue weighted by Gasteiger charge is -2.17. The zero-order valence-electron chi connectivity index (χ0n) is 14.8. The number of benzene rings is 2. The van der Waals surface area contributed by atoms with E-state index >= 15 is 0 Å². The number of amides is 1. The van der Waals surface area contributed by atoms with E-state index in [0.717, 1.165) is 17.7 Å². The van der Waals surface area contributed by atoms with Crippen molar-refractivity contribution in [3.63, 3.8) is 0 Å². The van der Waals surface area contributed by atoms with Crippen molar-refractivity contribution in [3.05, 3.63) is 72.6 Å². The Hall–Kier alpha value is -3.41. The number of nitrogens with two attached hydrogens (primary N) is 1. The molecule has 2 N–H and O–H groups in total. The number of aromatic nitrogens is 2. The average molecular weight is 360 g/mol. The first-order chi connectivity index (χ1) is 13.2. The molecule has 6 heteroatoms. The second kappa shape index (κ2) is 7.45. The molecule has 136 valence electrons. The highest BCUT2D eigenvalue weighted by Crippen LogP contribution is 2.22. The standard InChI is InChI=1S/C21H20N4O2/c22-20-13-23-12-19(24-20)15-6-8-16(9-7-15)21(26)25-11-10-18(14-25)27-17-4-2-1-3-5-17/h1-9,12-13,18H,10-11,14H2,(H2,22,24)/t18-/m1/s1. The number of carbonyl (C=O) groups is 1. The van der Waals surface area contributed by atoms with Crippen molar-refractivity contribution in [2.75, 3.05) is 18.8 Å². The molecule has 1 aliphatic heterocycles. The maximum Gasteiger partial charge on any atom is 0.253 e. The lowest BCUT2D eigenvalue weighted by atomic mass is 10.1. The molecule has 1 aromatic heterocycles. The molecule has 6 nitrogen and oxygen atoms in total. The minimum absolute atomic E-state index is 0.0133. The second-order valence-corrected chi connectivity index (χ2v) is 6.50. The molecule has 1 saturated heterocycles. The Morgan fingerprint density at radius 2 is 1.85 bits per heavy atom. The van der Waals surface area contributed by atoms with Crippen LogP contribution in [-0.4, -0.2) is 40.0 Å². The van der Waals surface area contributed by atoms with Crippen molar-refractivity contribution < 1.29 is 9.53 Å². The van der Waals surface area contributed by atoms with Crippen LogP contribution in [0.4, 0.5) is 5.82 Å². The van der Waals surface area contributed by atoms with E-state index in [9.17, 15) is 4.79 Å². The molecular formula is C21H20N4O2. The van der Waals surface area contributed by atoms with Crippen molar-refractivity contribution in [3.8, 4) is 17.0 Å². The lowest BCUT2D eigenvalue weighted by Crippen LogP contribution is -2.30. The molecule has 0 radical (unpaired) electrons. The van der Waals surface area contributed by atoms with Crippen LogP contribution in [0.1, 0.15) is 16.8 Å². The van der Waals surface area contributed by atoms with Gasteiger partial charge in [0.2, 0.25) is 0 Å². The zero-order valence-corrected chi connectivity index (χ0v) is 14.8. The first-order valence-corrected chi connectivity index (χ1v) is 8.88. The van der Waals surface area contributed by atoms with E-state index in [1.165, 1.54) is 6.20 Å². The molecule has 0 aliphatic carbocycles. The van der Waals surface area contributed by atoms with Crippen molar-refractivity contribution in [2.24, 2.45) is 0 Å². The van der Waals surface area contributed by atoms with Crippen LogP contribution in [0.5, 0.6) is 5.75 Å². The van der Waals surface area contributed by atoms with Crippen LogP contribution in [0.25, 0.3) is 11.3 Å². The molecular weight excluding hydrogens is 340 g/mol. The summed E-state index contributed by atoms with van der Waals surface area (Å²) in [6.07, 6.45) is 4.01. The summed E-state index contributed by atoms with van der Waals surface area (Å²) in [4.78, 5) is 22.9. The van der Waals surface area contributed by atoms with Gasteiger partial charge in [0.1, 0.15) is 17.7 Å². The molecule has 1 fully saturated rings. The van der Waals surface area contributed by atoms with Gasteiger partial charge in [-0.05, 0) is 24.3 Å². The molecule has 0 saturated carbocycles. The summed E-state index contributed by atoms with van der Waals surface area (Å²) in [5, 5.41) is 0. The molecule has 0 unspecified atom stereocenters. The smallest absolute Gasteiger partial charge is 0.253 e. The summed E-state index contributed by atoms with van der Waals surface area (Å²) in [6.45, 7) is 1.29. The molecule has 2 aromatic carbocycles. The number of rotatable bonds is 4. The van der Waals surface area contributed by atoms with Gasteiger partial charge in [0, 0.05) is 24.1 Å². The maximum atomic E-state index is 12.8. The number of hydrogen-bond acceptors (Lipinski definition) is 5. The van der Waals surface area contributed by atoms with Gasteiger partial charge in [0.25, 0.3) is 5.91 Å². The van der Waals surface area contributed by atoms with Gasteiger partial charge in [0.15, 0.2) is 0 Å². The Morgan fingerprint density at radius 1 is 1.07 bits per heavy atom. The van der Waals surface area contributed by atoms with Gasteiger partial charge >= 0.3 is 0 Å². The highest BCUT2D eigenvalue weighted by atomic mass is 16.5. The van der Waals surface area contributed by atoms with Crippen LogP contribution in [0.3, 0.4) is 0 Å². The summed E-state index contributed by atoms with van der Waals surface area (Å²) in [5.41, 5.74) is 7.89. The number of hydrogen-bond donors (Lipinski definition) is 1. The number of anilines is 1. The predicted molar refractivity (Wildman–Crippen MR) is 103 cm³/mol. The summed E-state index contributed by atoms with van der Waals surface area (Å²) >= 11 is 0. The number of nitrogen functional groups attached to an aromatic ring is 1. The van der Waals surface area contributed by atoms with Crippen LogP contribution in [0.2, 0.25) is 0 Å². The number of likely N-dealkylation sites (tertiary alicyclic amines) is 1. The van der Waals surface area contributed by atoms with Gasteiger partial charge in [-0.15, -0.1) is 0 Å². The third kappa shape index (κ3) is 3.89. The first kappa shape index (κ1) is 17.0. The quantitative estimate of drug-likeness (QED) is 0.773. The van der Waals surface area contributed by atoms with Gasteiger partial charge in [-0.1, -0.05) is 30.3 Å². The van der Waals surface area contributed by atoms with Crippen LogP contribution in [-0.2, 0) is 0 Å². The Morgan fingerprint density at radius 3 is 2.59 bits per heavy atom. The highest BCUT2D eigenvalue weighted by Gasteiger charge is 2.28. The molecule has 2 heterocycles. The van der Waals surface area contributed by atoms with Gasteiger partial charge in [-0.3, -0.25) is 9.78 Å². The van der Waals surface area contributed by atoms with E-state index in [2.05, 4.69) is 9.97 Å². The molecule has 1 amide bonds. The normalized spacial score (nSPS) is 16.3. The third-order valence-electron chi connectivity index (χ3n) is 4.56. The van der Waals surface area contributed by atoms with E-state index in [4.69, 9.17) is 10.5 Å². The van der Waals surface area contributed by atoms with Gasteiger partial charge in [0.05, 0.1) is 24.6 Å². The summed E-state index contributed by atoms with van der Waals surface area (Å²) in [5.74, 6) is 1.22. The number of para-hydroxylation sites is 1. The maximum absolute atomic E-state index is 12.8. The SMILES string of the molecule is Nc1cncc(-c2ccc(C(=O)N3CC[C@@H](Oc4ccccc4)C3)cc2)n1. The summed E-state index contributed by atoms with van der Waals surface area (Å²) in [7, 11) is 0. The second-order valence-electron chi connectivity index (χ2n) is 6.50. The van der Waals surface area contributed by atoms with Crippen LogP contribution >= 0.6 is 0 Å². The number of nitrogens with zero attached hydrogens (tertiary/aromatic N) is 3. The largest absolute Gasteiger partial charge is 0.489 e. The summed E-state index contributed by atoms with van der Waals surface area (Å²) < 4.78 is 5.96. The fourth-order valence-corrected chi connectivity index (χ4v) is 3.19. The van der Waals surface area contributed by atoms with Gasteiger partial charge in [-0.2, -0.15) is 0 Å². The fourth-order valence-electron chi connectivity index (χ4n) is 3.19. The fraction of sp³-hybridized carbons (Fsp3) is 0.190. The van der Waals surface area contributed by atoms with E-state index in [1.54, 1.807) is 6.20 Å². The van der Waals surface area contributed by atoms with Crippen LogP contribution in [0.15, 0.2) is 67.0 Å². The Kier molecular flexibility index (Phi) is 4.70. The lowest BCUT2D eigenvalue weighted by molar-refractivity contribution is 0.0772. The van der Waals surface area contributed by atoms with Crippen molar-refractivity contribution in [2.45, 2.75) is 12.5 Å². The minimum atomic E-state index is 0.0133. The minimum Gasteiger partial charge on any atom is -0.489 e. The molecule has 0 bridgehead atoms. The zero-order chi connectivity index (χ0) is 18.6. The number of carbonyl (C=O) groups excluding carboxylic acids is 1. The molecule has 1 atom stereocenters. The molecule has 1 aliphatic rings. The van der Waals surface area contributed by atoms with Crippen LogP contribution in [0, 0.1) is 0 Å². The molecule has 0 spiro atoms. The first-order valence-electron chi connectivity index (χ1n) is 8.88. The van der Waals surface area contributed by atoms with Crippen LogP contribution < -0.4 is 10.5 Å². The van der Waals surface area contributed by atoms with E-state index in [1.807, 2.05) is 59.5 Å². The molecule has 3 aromatic rings. The van der Waals surface area contributed by atoms with E-state index < -0.39 is 0 Å². The Labute approximate surface area is 157 Å². The Bertz CT molecular complexity index is 928. The van der Waals surface area contributed by atoms with E-state index in [-0.39, 0.29) is 12.0 Å². The van der Waals surface area contributed by atoms with Crippen molar-refractivity contribution in [1.82, 2.24) is 14.9 Å². The molecule has 4 rings (SSSR count). The monoisotopic (exact) mass is 360 g/mol. The average Bonchev–Trinajstić information content (AvgIpc) is 3.17.